The van der Waals surface area contributed by atoms with Gasteiger partial charge in [0.25, 0.3) is 0 Å². The first-order chi connectivity index (χ1) is 8.20. The number of halogens is 1. The van der Waals surface area contributed by atoms with E-state index in [1.807, 2.05) is 7.05 Å². The number of anilines is 2. The highest BCUT2D eigenvalue weighted by Crippen LogP contribution is 2.27. The van der Waals surface area contributed by atoms with Crippen LogP contribution in [-0.4, -0.2) is 48.1 Å². The van der Waals surface area contributed by atoms with Crippen LogP contribution in [0.5, 0.6) is 0 Å². The minimum Gasteiger partial charge on any atom is -0.372 e. The molecule has 5 nitrogen and oxygen atoms in total. The van der Waals surface area contributed by atoms with Crippen molar-refractivity contribution >= 4 is 27.6 Å². The van der Waals surface area contributed by atoms with Crippen LogP contribution in [0.15, 0.2) is 10.8 Å². The second-order valence-electron chi connectivity index (χ2n) is 4.38. The molecule has 1 aromatic heterocycles. The lowest BCUT2D eigenvalue weighted by molar-refractivity contribution is 0.260. The summed E-state index contributed by atoms with van der Waals surface area (Å²) in [6.45, 7) is 2.25. The number of nitrogens with one attached hydrogen (secondary N) is 2. The molecule has 0 bridgehead atoms. The second-order valence-corrected chi connectivity index (χ2v) is 5.17. The molecule has 0 aromatic carbocycles. The first kappa shape index (κ1) is 12.6. The molecule has 2 N–H and O–H groups in total. The molecule has 1 aromatic rings. The van der Waals surface area contributed by atoms with Crippen molar-refractivity contribution in [3.05, 3.63) is 10.8 Å². The number of aromatic nitrogens is 2. The maximum atomic E-state index is 4.28. The predicted molar refractivity (Wildman–Crippen MR) is 73.4 cm³/mol. The van der Waals surface area contributed by atoms with Crippen molar-refractivity contribution in [3.8, 4) is 0 Å². The first-order valence-corrected chi connectivity index (χ1v) is 6.63. The predicted octanol–water partition coefficient (Wildman–Crippen LogP) is 1.79. The molecule has 0 radical (unpaired) electrons. The molecule has 1 atom stereocenters. The van der Waals surface area contributed by atoms with Gasteiger partial charge in [0.2, 0.25) is 0 Å². The Morgan fingerprint density at radius 2 is 2.18 bits per heavy atom. The Labute approximate surface area is 110 Å². The molecule has 2 rings (SSSR count). The van der Waals surface area contributed by atoms with Crippen LogP contribution in [0.4, 0.5) is 11.6 Å². The summed E-state index contributed by atoms with van der Waals surface area (Å²) in [6.07, 6.45) is 4.00. The zero-order valence-electron chi connectivity index (χ0n) is 10.2. The largest absolute Gasteiger partial charge is 0.372 e. The van der Waals surface area contributed by atoms with Gasteiger partial charge in [-0.25, -0.2) is 9.97 Å². The van der Waals surface area contributed by atoms with Crippen molar-refractivity contribution in [3.63, 3.8) is 0 Å². The molecule has 1 saturated heterocycles. The number of nitrogens with zero attached hydrogens (tertiary/aromatic N) is 3. The molecule has 1 aliphatic heterocycles. The zero-order valence-corrected chi connectivity index (χ0v) is 11.8. The van der Waals surface area contributed by atoms with Gasteiger partial charge in [-0.1, -0.05) is 0 Å². The molecule has 1 aliphatic rings. The Morgan fingerprint density at radius 1 is 1.41 bits per heavy atom. The maximum absolute atomic E-state index is 4.28. The van der Waals surface area contributed by atoms with E-state index in [0.717, 1.165) is 22.7 Å². The van der Waals surface area contributed by atoms with Gasteiger partial charge in [0.05, 0.1) is 0 Å². The highest BCUT2D eigenvalue weighted by atomic mass is 79.9. The topological polar surface area (TPSA) is 53.1 Å². The van der Waals surface area contributed by atoms with Crippen molar-refractivity contribution in [1.82, 2.24) is 14.9 Å². The third-order valence-corrected chi connectivity index (χ3v) is 3.74. The Balaban J connectivity index is 2.07. The summed E-state index contributed by atoms with van der Waals surface area (Å²) in [5, 5.41) is 6.51. The number of likely N-dealkylation sites (tertiary alicyclic amines) is 1. The van der Waals surface area contributed by atoms with E-state index in [2.05, 4.69) is 48.5 Å². The van der Waals surface area contributed by atoms with Crippen LogP contribution in [0, 0.1) is 0 Å². The van der Waals surface area contributed by atoms with E-state index in [1.165, 1.54) is 19.4 Å². The van der Waals surface area contributed by atoms with Gasteiger partial charge in [0, 0.05) is 19.6 Å². The van der Waals surface area contributed by atoms with Crippen LogP contribution in [-0.2, 0) is 0 Å². The summed E-state index contributed by atoms with van der Waals surface area (Å²) in [7, 11) is 4.01. The molecule has 0 aliphatic carbocycles. The van der Waals surface area contributed by atoms with Crippen LogP contribution in [0.25, 0.3) is 0 Å². The van der Waals surface area contributed by atoms with Gasteiger partial charge in [-0.2, -0.15) is 0 Å². The first-order valence-electron chi connectivity index (χ1n) is 5.84. The summed E-state index contributed by atoms with van der Waals surface area (Å²) < 4.78 is 0.899. The molecule has 94 valence electrons. The summed E-state index contributed by atoms with van der Waals surface area (Å²) in [4.78, 5) is 10.8. The Morgan fingerprint density at radius 3 is 2.88 bits per heavy atom. The average Bonchev–Trinajstić information content (AvgIpc) is 2.32. The Bertz CT molecular complexity index is 384. The van der Waals surface area contributed by atoms with Gasteiger partial charge in [-0.15, -0.1) is 0 Å². The van der Waals surface area contributed by atoms with Gasteiger partial charge in [0.15, 0.2) is 0 Å². The van der Waals surface area contributed by atoms with Crippen LogP contribution < -0.4 is 10.6 Å². The highest BCUT2D eigenvalue weighted by Gasteiger charge is 2.18. The minimum atomic E-state index is 0.463. The molecule has 1 unspecified atom stereocenters. The summed E-state index contributed by atoms with van der Waals surface area (Å²) >= 11 is 3.52. The van der Waals surface area contributed by atoms with E-state index >= 15 is 0 Å². The van der Waals surface area contributed by atoms with Crippen molar-refractivity contribution in [1.29, 1.82) is 0 Å². The van der Waals surface area contributed by atoms with Gasteiger partial charge in [-0.05, 0) is 42.4 Å². The molecule has 0 spiro atoms. The fourth-order valence-electron chi connectivity index (χ4n) is 2.12. The van der Waals surface area contributed by atoms with E-state index in [1.54, 1.807) is 6.33 Å². The molecular weight excluding hydrogens is 282 g/mol. The van der Waals surface area contributed by atoms with Crippen LogP contribution in [0.3, 0.4) is 0 Å². The third-order valence-electron chi connectivity index (χ3n) is 2.99. The van der Waals surface area contributed by atoms with Crippen LogP contribution >= 0.6 is 15.9 Å². The fraction of sp³-hybridized carbons (Fsp3) is 0.636. The van der Waals surface area contributed by atoms with E-state index in [9.17, 15) is 0 Å². The number of piperidine rings is 1. The van der Waals surface area contributed by atoms with Crippen molar-refractivity contribution < 1.29 is 0 Å². The number of hydrogen-bond acceptors (Lipinski definition) is 5. The number of rotatable bonds is 3. The smallest absolute Gasteiger partial charge is 0.146 e. The minimum absolute atomic E-state index is 0.463. The van der Waals surface area contributed by atoms with Gasteiger partial charge < -0.3 is 15.5 Å². The molecule has 6 heteroatoms. The van der Waals surface area contributed by atoms with Gasteiger partial charge in [0.1, 0.15) is 22.4 Å². The normalized spacial score (nSPS) is 21.2. The number of hydrogen-bond donors (Lipinski definition) is 2. The number of likely N-dealkylation sites (N-methyl/N-ethyl adjacent to an activating group) is 1. The molecule has 2 heterocycles. The molecule has 0 saturated carbocycles. The molecule has 1 fully saturated rings. The Hall–Kier alpha value is -0.880. The van der Waals surface area contributed by atoms with Gasteiger partial charge in [-0.3, -0.25) is 0 Å². The van der Waals surface area contributed by atoms with Crippen LogP contribution in [0.2, 0.25) is 0 Å². The average molecular weight is 300 g/mol. The van der Waals surface area contributed by atoms with E-state index in [-0.39, 0.29) is 0 Å². The third kappa shape index (κ3) is 3.07. The highest BCUT2D eigenvalue weighted by molar-refractivity contribution is 9.10. The summed E-state index contributed by atoms with van der Waals surface area (Å²) in [5.74, 6) is 1.68. The monoisotopic (exact) mass is 299 g/mol. The second kappa shape index (κ2) is 5.64. The summed E-state index contributed by atoms with van der Waals surface area (Å²) in [6, 6.07) is 0.463. The molecule has 0 amide bonds. The van der Waals surface area contributed by atoms with Crippen molar-refractivity contribution in [2.45, 2.75) is 18.9 Å². The quantitative estimate of drug-likeness (QED) is 0.891. The van der Waals surface area contributed by atoms with Crippen molar-refractivity contribution in [2.24, 2.45) is 0 Å². The van der Waals surface area contributed by atoms with E-state index in [4.69, 9.17) is 0 Å². The lowest BCUT2D eigenvalue weighted by atomic mass is 10.1. The Kier molecular flexibility index (Phi) is 4.17. The van der Waals surface area contributed by atoms with E-state index < -0.39 is 0 Å². The van der Waals surface area contributed by atoms with E-state index in [0.29, 0.717) is 6.04 Å². The van der Waals surface area contributed by atoms with Crippen LogP contribution in [0.1, 0.15) is 12.8 Å². The zero-order chi connectivity index (χ0) is 12.3. The lowest BCUT2D eigenvalue weighted by Gasteiger charge is -2.30. The summed E-state index contributed by atoms with van der Waals surface area (Å²) in [5.41, 5.74) is 0. The fourth-order valence-corrected chi connectivity index (χ4v) is 2.64. The maximum Gasteiger partial charge on any atom is 0.146 e. The molecular formula is C11H18BrN5. The standard InChI is InChI=1S/C11H18BrN5/c1-13-10-9(12)11(15-7-14-10)16-8-4-3-5-17(2)6-8/h7-8H,3-6H2,1-2H3,(H2,13,14,15,16). The SMILES string of the molecule is CNc1ncnc(NC2CCCN(C)C2)c1Br. The van der Waals surface area contributed by atoms with Crippen molar-refractivity contribution in [2.75, 3.05) is 37.8 Å². The van der Waals surface area contributed by atoms with Gasteiger partial charge >= 0.3 is 0 Å². The lowest BCUT2D eigenvalue weighted by Crippen LogP contribution is -2.40. The molecule has 17 heavy (non-hydrogen) atoms.